The molecule has 0 spiro atoms. The van der Waals surface area contributed by atoms with Gasteiger partial charge >= 0.3 is 0 Å². The van der Waals surface area contributed by atoms with Crippen molar-refractivity contribution in [2.24, 2.45) is 0 Å². The fraction of sp³-hybridized carbons (Fsp3) is 0.364. The Kier molecular flexibility index (Phi) is 5.09. The van der Waals surface area contributed by atoms with Crippen LogP contribution in [0.5, 0.6) is 5.75 Å². The number of nitrogens with zero attached hydrogens (tertiary/aromatic N) is 1. The van der Waals surface area contributed by atoms with Crippen molar-refractivity contribution in [2.75, 3.05) is 6.61 Å². The molecule has 17 heavy (non-hydrogen) atoms. The van der Waals surface area contributed by atoms with E-state index in [1.165, 1.54) is 19.1 Å². The molecule has 0 unspecified atom stereocenters. The largest absolute Gasteiger partial charge is 0.493 e. The summed E-state index contributed by atoms with van der Waals surface area (Å²) in [6.07, 6.45) is 1.06. The summed E-state index contributed by atoms with van der Waals surface area (Å²) in [4.78, 5) is 20.8. The predicted molar refractivity (Wildman–Crippen MR) is 66.2 cm³/mol. The number of ether oxygens (including phenoxy) is 1. The van der Waals surface area contributed by atoms with Crippen LogP contribution in [0.25, 0.3) is 0 Å². The van der Waals surface area contributed by atoms with Crippen LogP contribution in [0.3, 0.4) is 0 Å². The zero-order chi connectivity index (χ0) is 12.8. The molecule has 0 saturated carbocycles. The van der Waals surface area contributed by atoms with Crippen molar-refractivity contribution in [3.63, 3.8) is 0 Å². The number of nitro groups is 1. The number of ketones is 1. The number of carbonyl (C=O) groups excluding carboxylic acids is 1. The van der Waals surface area contributed by atoms with Crippen LogP contribution in [-0.4, -0.2) is 17.3 Å². The molecule has 5 nitrogen and oxygen atoms in total. The summed E-state index contributed by atoms with van der Waals surface area (Å²) in [7, 11) is 0. The lowest BCUT2D eigenvalue weighted by Crippen LogP contribution is -2.01. The van der Waals surface area contributed by atoms with Crippen LogP contribution in [0.2, 0.25) is 0 Å². The van der Waals surface area contributed by atoms with Gasteiger partial charge in [0.1, 0.15) is 11.5 Å². The van der Waals surface area contributed by atoms with Gasteiger partial charge in [0.15, 0.2) is 0 Å². The van der Waals surface area contributed by atoms with E-state index in [-0.39, 0.29) is 11.5 Å². The van der Waals surface area contributed by atoms with Crippen LogP contribution in [0.15, 0.2) is 22.7 Å². The molecule has 6 heteroatoms. The van der Waals surface area contributed by atoms with Crippen molar-refractivity contribution >= 4 is 27.4 Å². The maximum absolute atomic E-state index is 10.7. The van der Waals surface area contributed by atoms with E-state index in [2.05, 4.69) is 15.9 Å². The fourth-order valence-corrected chi connectivity index (χ4v) is 1.71. The van der Waals surface area contributed by atoms with Crippen LogP contribution in [0, 0.1) is 10.1 Å². The molecule has 0 aliphatic heterocycles. The van der Waals surface area contributed by atoms with Gasteiger partial charge in [-0.1, -0.05) is 15.9 Å². The number of benzene rings is 1. The number of halogens is 1. The molecule has 92 valence electrons. The van der Waals surface area contributed by atoms with Crippen molar-refractivity contribution in [1.82, 2.24) is 0 Å². The average Bonchev–Trinajstić information content (AvgIpc) is 2.23. The number of nitro benzene ring substituents is 1. The molecule has 0 atom stereocenters. The molecule has 1 aromatic carbocycles. The average molecular weight is 302 g/mol. The molecule has 0 amide bonds. The Bertz CT molecular complexity index is 433. The normalized spacial score (nSPS) is 10.0. The minimum Gasteiger partial charge on any atom is -0.493 e. The Labute approximate surface area is 107 Å². The molecule has 0 bridgehead atoms. The van der Waals surface area contributed by atoms with E-state index in [9.17, 15) is 14.9 Å². The van der Waals surface area contributed by atoms with E-state index in [1.54, 1.807) is 6.07 Å². The zero-order valence-electron chi connectivity index (χ0n) is 9.31. The van der Waals surface area contributed by atoms with Crippen molar-refractivity contribution in [2.45, 2.75) is 19.8 Å². The van der Waals surface area contributed by atoms with Gasteiger partial charge in [-0.25, -0.2) is 0 Å². The monoisotopic (exact) mass is 301 g/mol. The van der Waals surface area contributed by atoms with Crippen molar-refractivity contribution < 1.29 is 14.5 Å². The van der Waals surface area contributed by atoms with Gasteiger partial charge in [-0.15, -0.1) is 0 Å². The van der Waals surface area contributed by atoms with Crippen molar-refractivity contribution in [3.05, 3.63) is 32.8 Å². The van der Waals surface area contributed by atoms with E-state index in [0.29, 0.717) is 29.7 Å². The SMILES string of the molecule is CC(=O)CCCOc1cc(Br)cc([N+](=O)[O-])c1. The molecule has 0 saturated heterocycles. The van der Waals surface area contributed by atoms with E-state index < -0.39 is 4.92 Å². The van der Waals surface area contributed by atoms with Gasteiger partial charge in [-0.3, -0.25) is 10.1 Å². The second-order valence-corrected chi connectivity index (χ2v) is 4.47. The van der Waals surface area contributed by atoms with E-state index in [0.717, 1.165) is 0 Å². The third-order valence-electron chi connectivity index (χ3n) is 2.01. The molecule has 0 radical (unpaired) electrons. The summed E-state index contributed by atoms with van der Waals surface area (Å²) in [6, 6.07) is 4.42. The van der Waals surface area contributed by atoms with E-state index in [4.69, 9.17) is 4.74 Å². The topological polar surface area (TPSA) is 69.4 Å². The van der Waals surface area contributed by atoms with Crippen LogP contribution in [-0.2, 0) is 4.79 Å². The number of Topliss-reactive ketones (excluding diaryl/α,β-unsaturated/α-hetero) is 1. The van der Waals surface area contributed by atoms with Crippen LogP contribution in [0.1, 0.15) is 19.8 Å². The minimum absolute atomic E-state index is 0.0269. The Morgan fingerprint density at radius 1 is 1.47 bits per heavy atom. The van der Waals surface area contributed by atoms with E-state index >= 15 is 0 Å². The first-order valence-electron chi connectivity index (χ1n) is 5.06. The lowest BCUT2D eigenvalue weighted by Gasteiger charge is -2.05. The lowest BCUT2D eigenvalue weighted by molar-refractivity contribution is -0.385. The van der Waals surface area contributed by atoms with Crippen molar-refractivity contribution in [1.29, 1.82) is 0 Å². The van der Waals surface area contributed by atoms with Gasteiger partial charge in [0, 0.05) is 17.0 Å². The number of hydrogen-bond acceptors (Lipinski definition) is 4. The molecule has 0 fully saturated rings. The highest BCUT2D eigenvalue weighted by Gasteiger charge is 2.09. The minimum atomic E-state index is -0.479. The second-order valence-electron chi connectivity index (χ2n) is 3.56. The first-order valence-corrected chi connectivity index (χ1v) is 5.85. The summed E-state index contributed by atoms with van der Waals surface area (Å²) in [5.41, 5.74) is -0.0269. The summed E-state index contributed by atoms with van der Waals surface area (Å²) in [6.45, 7) is 1.89. The van der Waals surface area contributed by atoms with Gasteiger partial charge in [-0.2, -0.15) is 0 Å². The molecule has 1 aromatic rings. The maximum Gasteiger partial charge on any atom is 0.274 e. The number of rotatable bonds is 6. The van der Waals surface area contributed by atoms with E-state index in [1.807, 2.05) is 0 Å². The Balaban J connectivity index is 2.59. The number of non-ortho nitro benzene ring substituents is 1. The highest BCUT2D eigenvalue weighted by atomic mass is 79.9. The van der Waals surface area contributed by atoms with Gasteiger partial charge in [0.05, 0.1) is 17.6 Å². The molecular weight excluding hydrogens is 290 g/mol. The second kappa shape index (κ2) is 6.34. The van der Waals surface area contributed by atoms with Crippen molar-refractivity contribution in [3.8, 4) is 5.75 Å². The number of hydrogen-bond donors (Lipinski definition) is 0. The van der Waals surface area contributed by atoms with Gasteiger partial charge in [0.25, 0.3) is 5.69 Å². The predicted octanol–water partition coefficient (Wildman–Crippen LogP) is 3.11. The van der Waals surface area contributed by atoms with Gasteiger partial charge in [0.2, 0.25) is 0 Å². The summed E-state index contributed by atoms with van der Waals surface area (Å²) < 4.78 is 5.93. The molecular formula is C11H12BrNO4. The highest BCUT2D eigenvalue weighted by Crippen LogP contribution is 2.26. The Morgan fingerprint density at radius 2 is 2.18 bits per heavy atom. The first kappa shape index (κ1) is 13.6. The van der Waals surface area contributed by atoms with Crippen LogP contribution >= 0.6 is 15.9 Å². The third-order valence-corrected chi connectivity index (χ3v) is 2.47. The standard InChI is InChI=1S/C11H12BrNO4/c1-8(14)3-2-4-17-11-6-9(12)5-10(7-11)13(15)16/h5-7H,2-4H2,1H3. The summed E-state index contributed by atoms with van der Waals surface area (Å²) >= 11 is 3.17. The van der Waals surface area contributed by atoms with Gasteiger partial charge < -0.3 is 9.53 Å². The van der Waals surface area contributed by atoms with Crippen LogP contribution in [0.4, 0.5) is 5.69 Å². The Hall–Kier alpha value is -1.43. The number of carbonyl (C=O) groups is 1. The Morgan fingerprint density at radius 3 is 2.76 bits per heavy atom. The molecule has 1 rings (SSSR count). The quantitative estimate of drug-likeness (QED) is 0.460. The third kappa shape index (κ3) is 4.95. The highest BCUT2D eigenvalue weighted by molar-refractivity contribution is 9.10. The van der Waals surface area contributed by atoms with Gasteiger partial charge in [-0.05, 0) is 19.4 Å². The van der Waals surface area contributed by atoms with Crippen LogP contribution < -0.4 is 4.74 Å². The zero-order valence-corrected chi connectivity index (χ0v) is 10.9. The molecule has 0 N–H and O–H groups in total. The maximum atomic E-state index is 10.7. The molecule has 0 aromatic heterocycles. The molecule has 0 heterocycles. The first-order chi connectivity index (χ1) is 7.99. The summed E-state index contributed by atoms with van der Waals surface area (Å²) in [5.74, 6) is 0.531. The smallest absolute Gasteiger partial charge is 0.274 e. The fourth-order valence-electron chi connectivity index (χ4n) is 1.25. The summed E-state index contributed by atoms with van der Waals surface area (Å²) in [5, 5.41) is 10.6. The lowest BCUT2D eigenvalue weighted by atomic mass is 10.2. The molecule has 0 aliphatic carbocycles. The molecule has 0 aliphatic rings.